The fourth-order valence-corrected chi connectivity index (χ4v) is 4.06. The molecule has 0 saturated carbocycles. The van der Waals surface area contributed by atoms with Gasteiger partial charge in [0.1, 0.15) is 18.1 Å². The van der Waals surface area contributed by atoms with E-state index in [1.54, 1.807) is 30.3 Å². The van der Waals surface area contributed by atoms with Crippen LogP contribution < -0.4 is 25.9 Å². The minimum atomic E-state index is -0.844. The monoisotopic (exact) mass is 524 g/mol. The van der Waals surface area contributed by atoms with E-state index in [1.165, 1.54) is 36.4 Å². The number of nitrogens with zero attached hydrogens (tertiary/aromatic N) is 4. The molecule has 190 valence electrons. The molecule has 2 N–H and O–H groups in total. The topological polar surface area (TPSA) is 163 Å². The second kappa shape index (κ2) is 11.3. The fraction of sp³-hybridized carbons (Fsp3) is 0.174. The van der Waals surface area contributed by atoms with Crippen molar-refractivity contribution >= 4 is 41.0 Å². The standard InChI is InChI=1S/C23H20N6O7S/c1-35-17-9-14(7-8-16(17)36-20(31)10-18-21(32)26-22(33)37-18)11-24-27-19(30)12-29-23(34)28(13-25-29)15-5-3-2-4-6-15/h2-9,11,13,18H,10,12H2,1H3,(H,27,30)(H,26,32,33)/b24-11+. The molecule has 0 spiro atoms. The number of hydrogen-bond donors (Lipinski definition) is 2. The average molecular weight is 525 g/mol. The number of benzene rings is 2. The van der Waals surface area contributed by atoms with Crippen LogP contribution >= 0.6 is 11.8 Å². The second-order valence-electron chi connectivity index (χ2n) is 7.54. The summed E-state index contributed by atoms with van der Waals surface area (Å²) in [5.74, 6) is -1.50. The lowest BCUT2D eigenvalue weighted by Gasteiger charge is -2.10. The molecule has 1 aliphatic heterocycles. The highest BCUT2D eigenvalue weighted by Crippen LogP contribution is 2.29. The molecular formula is C23H20N6O7S. The summed E-state index contributed by atoms with van der Waals surface area (Å²) in [7, 11) is 1.38. The largest absolute Gasteiger partial charge is 0.493 e. The minimum Gasteiger partial charge on any atom is -0.493 e. The van der Waals surface area contributed by atoms with Crippen molar-refractivity contribution < 1.29 is 28.7 Å². The number of nitrogens with one attached hydrogen (secondary N) is 2. The zero-order valence-electron chi connectivity index (χ0n) is 19.3. The second-order valence-corrected chi connectivity index (χ2v) is 8.72. The van der Waals surface area contributed by atoms with E-state index in [9.17, 15) is 24.0 Å². The van der Waals surface area contributed by atoms with Crippen LogP contribution in [0, 0.1) is 0 Å². The van der Waals surface area contributed by atoms with Gasteiger partial charge in [0.05, 0.1) is 25.4 Å². The van der Waals surface area contributed by atoms with Gasteiger partial charge < -0.3 is 9.47 Å². The molecule has 1 aliphatic rings. The molecule has 14 heteroatoms. The number of thioether (sulfide) groups is 1. The van der Waals surface area contributed by atoms with E-state index in [1.807, 2.05) is 6.07 Å². The molecular weight excluding hydrogens is 504 g/mol. The Kier molecular flexibility index (Phi) is 7.78. The van der Waals surface area contributed by atoms with Crippen molar-refractivity contribution in [1.82, 2.24) is 25.1 Å². The number of hydrazone groups is 1. The number of methoxy groups -OCH3 is 1. The highest BCUT2D eigenvalue weighted by atomic mass is 32.2. The van der Waals surface area contributed by atoms with Crippen LogP contribution in [0.3, 0.4) is 0 Å². The number of rotatable bonds is 9. The van der Waals surface area contributed by atoms with E-state index in [-0.39, 0.29) is 24.5 Å². The Balaban J connectivity index is 1.33. The summed E-state index contributed by atoms with van der Waals surface area (Å²) in [6.45, 7) is -0.336. The number of carbonyl (C=O) groups is 4. The molecule has 4 rings (SSSR count). The number of para-hydroxylation sites is 1. The number of hydrogen-bond acceptors (Lipinski definition) is 10. The average Bonchev–Trinajstić information content (AvgIpc) is 3.40. The summed E-state index contributed by atoms with van der Waals surface area (Å²) < 4.78 is 12.8. The van der Waals surface area contributed by atoms with E-state index >= 15 is 0 Å². The number of amides is 3. The third-order valence-electron chi connectivity index (χ3n) is 4.99. The van der Waals surface area contributed by atoms with Crippen molar-refractivity contribution in [2.45, 2.75) is 18.2 Å². The molecule has 1 fully saturated rings. The van der Waals surface area contributed by atoms with Gasteiger partial charge in [0.2, 0.25) is 5.91 Å². The number of imide groups is 1. The van der Waals surface area contributed by atoms with Gasteiger partial charge in [-0.2, -0.15) is 10.2 Å². The molecule has 1 aromatic heterocycles. The van der Waals surface area contributed by atoms with Crippen molar-refractivity contribution in [3.63, 3.8) is 0 Å². The Hall–Kier alpha value is -4.72. The Morgan fingerprint density at radius 1 is 1.16 bits per heavy atom. The van der Waals surface area contributed by atoms with Crippen molar-refractivity contribution in [3.8, 4) is 17.2 Å². The molecule has 1 unspecified atom stereocenters. The van der Waals surface area contributed by atoms with Crippen molar-refractivity contribution in [2.24, 2.45) is 5.10 Å². The summed E-state index contributed by atoms with van der Waals surface area (Å²) in [4.78, 5) is 59.7. The van der Waals surface area contributed by atoms with Crippen molar-refractivity contribution in [1.29, 1.82) is 0 Å². The molecule has 2 aromatic carbocycles. The van der Waals surface area contributed by atoms with Crippen LogP contribution in [0.25, 0.3) is 5.69 Å². The molecule has 2 heterocycles. The van der Waals surface area contributed by atoms with Gasteiger partial charge in [-0.1, -0.05) is 30.0 Å². The SMILES string of the molecule is COc1cc(/C=N/NC(=O)Cn2ncn(-c3ccccc3)c2=O)ccc1OC(=O)CC1SC(=O)NC1=O. The Bertz CT molecular complexity index is 1430. The minimum absolute atomic E-state index is 0.108. The van der Waals surface area contributed by atoms with Gasteiger partial charge in [-0.3, -0.25) is 24.5 Å². The third kappa shape index (κ3) is 6.29. The normalized spacial score (nSPS) is 15.0. The maximum atomic E-state index is 12.5. The molecule has 13 nitrogen and oxygen atoms in total. The summed E-state index contributed by atoms with van der Waals surface area (Å²) in [6.07, 6.45) is 2.38. The van der Waals surface area contributed by atoms with Gasteiger partial charge in [0, 0.05) is 0 Å². The number of esters is 1. The molecule has 0 bridgehead atoms. The summed E-state index contributed by atoms with van der Waals surface area (Å²) in [6, 6.07) is 13.4. The van der Waals surface area contributed by atoms with Crippen molar-refractivity contribution in [2.75, 3.05) is 7.11 Å². The maximum Gasteiger partial charge on any atom is 0.350 e. The first-order valence-electron chi connectivity index (χ1n) is 10.8. The van der Waals surface area contributed by atoms with E-state index in [4.69, 9.17) is 9.47 Å². The van der Waals surface area contributed by atoms with E-state index in [2.05, 4.69) is 20.9 Å². The summed E-state index contributed by atoms with van der Waals surface area (Å²) >= 11 is 0.730. The highest BCUT2D eigenvalue weighted by molar-refractivity contribution is 8.15. The number of carbonyl (C=O) groups excluding carboxylic acids is 4. The van der Waals surface area contributed by atoms with E-state index in [0.717, 1.165) is 16.4 Å². The van der Waals surface area contributed by atoms with Crippen LogP contribution in [-0.2, 0) is 20.9 Å². The van der Waals surface area contributed by atoms with Gasteiger partial charge in [-0.25, -0.2) is 19.5 Å². The summed E-state index contributed by atoms with van der Waals surface area (Å²) in [5.41, 5.74) is 2.98. The van der Waals surface area contributed by atoms with Gasteiger partial charge in [-0.05, 0) is 35.9 Å². The first-order chi connectivity index (χ1) is 17.8. The lowest BCUT2D eigenvalue weighted by Crippen LogP contribution is -2.31. The fourth-order valence-electron chi connectivity index (χ4n) is 3.25. The van der Waals surface area contributed by atoms with Crippen LogP contribution in [0.5, 0.6) is 11.5 Å². The molecule has 1 saturated heterocycles. The Morgan fingerprint density at radius 3 is 2.65 bits per heavy atom. The van der Waals surface area contributed by atoms with Gasteiger partial charge >= 0.3 is 11.7 Å². The first-order valence-corrected chi connectivity index (χ1v) is 11.6. The van der Waals surface area contributed by atoms with Gasteiger partial charge in [0.15, 0.2) is 11.5 Å². The smallest absolute Gasteiger partial charge is 0.350 e. The first kappa shape index (κ1) is 25.4. The predicted octanol–water partition coefficient (Wildman–Crippen LogP) is 0.840. The predicted molar refractivity (Wildman–Crippen MR) is 132 cm³/mol. The molecule has 3 amide bonds. The van der Waals surface area contributed by atoms with E-state index < -0.39 is 34.0 Å². The lowest BCUT2D eigenvalue weighted by atomic mass is 10.2. The van der Waals surface area contributed by atoms with Crippen LogP contribution in [0.4, 0.5) is 4.79 Å². The zero-order valence-corrected chi connectivity index (χ0v) is 20.1. The highest BCUT2D eigenvalue weighted by Gasteiger charge is 2.34. The van der Waals surface area contributed by atoms with E-state index in [0.29, 0.717) is 11.3 Å². The Labute approximate surface area is 213 Å². The van der Waals surface area contributed by atoms with Crippen LogP contribution in [0.1, 0.15) is 12.0 Å². The number of ether oxygens (including phenoxy) is 2. The molecule has 0 radical (unpaired) electrons. The van der Waals surface area contributed by atoms with Crippen LogP contribution in [-0.4, -0.2) is 55.9 Å². The zero-order chi connectivity index (χ0) is 26.4. The Morgan fingerprint density at radius 2 is 1.95 bits per heavy atom. The third-order valence-corrected chi connectivity index (χ3v) is 5.98. The van der Waals surface area contributed by atoms with Gasteiger partial charge in [-0.15, -0.1) is 0 Å². The van der Waals surface area contributed by atoms with Crippen LogP contribution in [0.15, 0.2) is 64.8 Å². The maximum absolute atomic E-state index is 12.5. The lowest BCUT2D eigenvalue weighted by molar-refractivity contribution is -0.136. The quantitative estimate of drug-likeness (QED) is 0.179. The van der Waals surface area contributed by atoms with Gasteiger partial charge in [0.25, 0.3) is 11.1 Å². The molecule has 1 atom stereocenters. The number of aromatic nitrogens is 3. The molecule has 0 aliphatic carbocycles. The van der Waals surface area contributed by atoms with Crippen LogP contribution in [0.2, 0.25) is 0 Å². The molecule has 37 heavy (non-hydrogen) atoms. The molecule has 3 aromatic rings. The summed E-state index contributed by atoms with van der Waals surface area (Å²) in [5, 5.41) is 8.57. The van der Waals surface area contributed by atoms with Crippen molar-refractivity contribution in [3.05, 3.63) is 70.9 Å².